The summed E-state index contributed by atoms with van der Waals surface area (Å²) in [6, 6.07) is 1.76. The molecule has 0 spiro atoms. The van der Waals surface area contributed by atoms with Crippen LogP contribution in [0.4, 0.5) is 19.0 Å². The molecule has 1 saturated heterocycles. The van der Waals surface area contributed by atoms with Crippen molar-refractivity contribution in [1.82, 2.24) is 29.7 Å². The number of nitrogens with two attached hydrogens (primary N) is 1. The van der Waals surface area contributed by atoms with E-state index < -0.39 is 12.6 Å². The van der Waals surface area contributed by atoms with Crippen molar-refractivity contribution >= 4 is 17.7 Å². The number of halogens is 3. The smallest absolute Gasteiger partial charge is 0.394 e. The second-order valence-electron chi connectivity index (χ2n) is 7.62. The molecule has 3 aromatic rings. The first kappa shape index (κ1) is 21.7. The average molecular weight is 445 g/mol. The summed E-state index contributed by atoms with van der Waals surface area (Å²) in [4.78, 5) is 19.1. The van der Waals surface area contributed by atoms with Gasteiger partial charge >= 0.3 is 6.18 Å². The Labute approximate surface area is 181 Å². The Morgan fingerprint density at radius 2 is 2.09 bits per heavy atom. The number of anilines is 1. The predicted molar refractivity (Wildman–Crippen MR) is 113 cm³/mol. The average Bonchev–Trinajstić information content (AvgIpc) is 3.16. The van der Waals surface area contributed by atoms with Gasteiger partial charge in [0.25, 0.3) is 0 Å². The number of fused-ring (bicyclic) bond motifs is 1. The van der Waals surface area contributed by atoms with E-state index in [-0.39, 0.29) is 17.8 Å². The highest BCUT2D eigenvalue weighted by Gasteiger charge is 2.29. The van der Waals surface area contributed by atoms with Gasteiger partial charge in [-0.1, -0.05) is 0 Å². The number of nitrogens with zero attached hydrogens (tertiary/aromatic N) is 6. The number of hydrogen-bond acceptors (Lipinski definition) is 8. The molecule has 4 rings (SSSR count). The summed E-state index contributed by atoms with van der Waals surface area (Å²) in [6.45, 7) is 3.25. The van der Waals surface area contributed by atoms with E-state index in [4.69, 9.17) is 11.1 Å². The highest BCUT2D eigenvalue weighted by atomic mass is 19.4. The Morgan fingerprint density at radius 3 is 2.81 bits per heavy atom. The largest absolute Gasteiger partial charge is 0.404 e. The van der Waals surface area contributed by atoms with Gasteiger partial charge in [0.1, 0.15) is 11.5 Å². The molecule has 0 bridgehead atoms. The Bertz CT molecular complexity index is 1150. The van der Waals surface area contributed by atoms with Crippen molar-refractivity contribution in [3.63, 3.8) is 0 Å². The number of imidazole rings is 1. The monoisotopic (exact) mass is 445 g/mol. The van der Waals surface area contributed by atoms with Crippen LogP contribution in [-0.2, 0) is 6.42 Å². The highest BCUT2D eigenvalue weighted by Crippen LogP contribution is 2.24. The van der Waals surface area contributed by atoms with E-state index in [2.05, 4.69) is 30.2 Å². The lowest BCUT2D eigenvalue weighted by atomic mass is 10.0. The minimum absolute atomic E-state index is 0.119. The quantitative estimate of drug-likeness (QED) is 0.513. The first-order chi connectivity index (χ1) is 15.3. The molecule has 0 aliphatic carbocycles. The minimum atomic E-state index is -4.36. The van der Waals surface area contributed by atoms with E-state index in [1.165, 1.54) is 35.4 Å². The third-order valence-corrected chi connectivity index (χ3v) is 5.17. The van der Waals surface area contributed by atoms with Gasteiger partial charge < -0.3 is 21.4 Å². The number of piperazine rings is 1. The summed E-state index contributed by atoms with van der Waals surface area (Å²) in [7, 11) is 0. The van der Waals surface area contributed by atoms with Crippen LogP contribution in [0.3, 0.4) is 0 Å². The molecule has 3 aromatic heterocycles. The molecule has 4 heterocycles. The van der Waals surface area contributed by atoms with Gasteiger partial charge in [-0.2, -0.15) is 13.2 Å². The van der Waals surface area contributed by atoms with Crippen molar-refractivity contribution in [3.05, 3.63) is 48.3 Å². The van der Waals surface area contributed by atoms with Crippen LogP contribution >= 0.6 is 0 Å². The highest BCUT2D eigenvalue weighted by molar-refractivity contribution is 5.77. The molecular weight excluding hydrogens is 423 g/mol. The topological polar surface area (TPSA) is 121 Å². The maximum Gasteiger partial charge on any atom is 0.394 e. The first-order valence-corrected chi connectivity index (χ1v) is 9.93. The van der Waals surface area contributed by atoms with Crippen LogP contribution in [0.1, 0.15) is 12.6 Å². The number of aromatic nitrogens is 5. The van der Waals surface area contributed by atoms with Gasteiger partial charge in [0.2, 0.25) is 0 Å². The van der Waals surface area contributed by atoms with Gasteiger partial charge in [0, 0.05) is 49.5 Å². The zero-order valence-corrected chi connectivity index (χ0v) is 17.2. The molecule has 9 nitrogen and oxygen atoms in total. The minimum Gasteiger partial charge on any atom is -0.404 e. The molecule has 12 heteroatoms. The summed E-state index contributed by atoms with van der Waals surface area (Å²) in [5, 5.41) is 11.0. The fourth-order valence-electron chi connectivity index (χ4n) is 3.77. The van der Waals surface area contributed by atoms with Gasteiger partial charge in [0.15, 0.2) is 11.5 Å². The normalized spacial score (nSPS) is 20.0. The second-order valence-corrected chi connectivity index (χ2v) is 7.62. The molecule has 1 fully saturated rings. The summed E-state index contributed by atoms with van der Waals surface area (Å²) < 4.78 is 39.9. The summed E-state index contributed by atoms with van der Waals surface area (Å²) in [6.07, 6.45) is 2.88. The molecule has 168 valence electrons. The van der Waals surface area contributed by atoms with Crippen LogP contribution in [0.25, 0.3) is 17.2 Å². The van der Waals surface area contributed by atoms with Crippen molar-refractivity contribution in [2.24, 2.45) is 5.73 Å². The van der Waals surface area contributed by atoms with E-state index in [9.17, 15) is 13.2 Å². The van der Waals surface area contributed by atoms with Crippen molar-refractivity contribution in [2.75, 3.05) is 18.0 Å². The molecule has 4 N–H and O–H groups in total. The van der Waals surface area contributed by atoms with E-state index >= 15 is 0 Å². The lowest BCUT2D eigenvalue weighted by molar-refractivity contribution is -0.127. The molecule has 0 saturated carbocycles. The zero-order valence-electron chi connectivity index (χ0n) is 17.2. The third kappa shape index (κ3) is 4.54. The molecule has 2 unspecified atom stereocenters. The Kier molecular flexibility index (Phi) is 5.78. The molecule has 1 aliphatic heterocycles. The number of rotatable bonds is 5. The Hall–Kier alpha value is -3.54. The summed E-state index contributed by atoms with van der Waals surface area (Å²) in [5.74, 6) is 0.998. The molecule has 32 heavy (non-hydrogen) atoms. The molecule has 1 aliphatic rings. The fraction of sp³-hybridized carbons (Fsp3) is 0.350. The standard InChI is InChI=1S/C20H22F3N9/c1-12-9-31(11-15(29-12)13(5-24)6-25)17-2-3-26-19(30-17)16-7-28-18-8-27-14(10-32(16)18)4-20(21,22)23/h2-3,5-8,10,12,15,24,29H,4,9,11,25H2,1H3/b13-6+,24-5?. The predicted octanol–water partition coefficient (Wildman–Crippen LogP) is 1.95. The summed E-state index contributed by atoms with van der Waals surface area (Å²) >= 11 is 0. The van der Waals surface area contributed by atoms with Crippen LogP contribution in [0, 0.1) is 5.41 Å². The third-order valence-electron chi connectivity index (χ3n) is 5.17. The number of nitrogens with one attached hydrogen (secondary N) is 2. The maximum absolute atomic E-state index is 12.8. The fourth-order valence-corrected chi connectivity index (χ4v) is 3.77. The lowest BCUT2D eigenvalue weighted by Gasteiger charge is -2.38. The van der Waals surface area contributed by atoms with Gasteiger partial charge in [-0.3, -0.25) is 9.38 Å². The zero-order chi connectivity index (χ0) is 22.9. The van der Waals surface area contributed by atoms with E-state index in [0.29, 0.717) is 41.6 Å². The van der Waals surface area contributed by atoms with Crippen molar-refractivity contribution in [2.45, 2.75) is 31.6 Å². The SMILES string of the molecule is CC1CN(c2ccnc(-c3cnc4cnc(CC(F)(F)F)cn34)n2)CC(/C(C=N)=C/N)N1. The van der Waals surface area contributed by atoms with Gasteiger partial charge in [-0.15, -0.1) is 0 Å². The Morgan fingerprint density at radius 1 is 1.28 bits per heavy atom. The van der Waals surface area contributed by atoms with E-state index in [0.717, 1.165) is 0 Å². The van der Waals surface area contributed by atoms with Crippen LogP contribution in [-0.4, -0.2) is 61.9 Å². The molecular formula is C20H22F3N9. The van der Waals surface area contributed by atoms with Crippen molar-refractivity contribution in [1.29, 1.82) is 5.41 Å². The first-order valence-electron chi connectivity index (χ1n) is 9.93. The van der Waals surface area contributed by atoms with Crippen molar-refractivity contribution < 1.29 is 13.2 Å². The van der Waals surface area contributed by atoms with Crippen molar-refractivity contribution in [3.8, 4) is 11.5 Å². The number of alkyl halides is 3. The lowest BCUT2D eigenvalue weighted by Crippen LogP contribution is -2.56. The molecule has 0 amide bonds. The molecule has 2 atom stereocenters. The summed E-state index contributed by atoms with van der Waals surface area (Å²) in [5.41, 5.74) is 7.07. The van der Waals surface area contributed by atoms with E-state index in [1.54, 1.807) is 12.3 Å². The van der Waals surface area contributed by atoms with Crippen LogP contribution in [0.15, 0.2) is 42.6 Å². The van der Waals surface area contributed by atoms with Gasteiger partial charge in [-0.25, -0.2) is 15.0 Å². The Balaban J connectivity index is 1.66. The van der Waals surface area contributed by atoms with Crippen LogP contribution in [0.2, 0.25) is 0 Å². The van der Waals surface area contributed by atoms with E-state index in [1.807, 2.05) is 6.92 Å². The van der Waals surface area contributed by atoms with Crippen LogP contribution in [0.5, 0.6) is 0 Å². The van der Waals surface area contributed by atoms with Crippen LogP contribution < -0.4 is 16.0 Å². The maximum atomic E-state index is 12.8. The molecule has 0 radical (unpaired) electrons. The molecule has 0 aromatic carbocycles. The van der Waals surface area contributed by atoms with Gasteiger partial charge in [-0.05, 0) is 13.0 Å². The second kappa shape index (κ2) is 8.54. The number of hydrogen-bond donors (Lipinski definition) is 3. The van der Waals surface area contributed by atoms with Gasteiger partial charge in [0.05, 0.1) is 30.6 Å².